The van der Waals surface area contributed by atoms with E-state index < -0.39 is 16.7 Å². The first-order valence-corrected chi connectivity index (χ1v) is 7.50. The quantitative estimate of drug-likeness (QED) is 0.665. The van der Waals surface area contributed by atoms with E-state index in [0.29, 0.717) is 17.9 Å². The first-order valence-electron chi connectivity index (χ1n) is 7.06. The molecule has 2 aromatic carbocycles. The normalized spacial score (nSPS) is 20.9. The van der Waals surface area contributed by atoms with E-state index in [-0.39, 0.29) is 6.61 Å². The van der Waals surface area contributed by atoms with E-state index >= 15 is 0 Å². The highest BCUT2D eigenvalue weighted by Gasteiger charge is 2.42. The highest BCUT2D eigenvalue weighted by Crippen LogP contribution is 2.33. The molecule has 1 aliphatic rings. The number of ether oxygens (including phenoxy) is 2. The minimum atomic E-state index is -1.47. The Hall–Kier alpha value is -2.31. The molecule has 0 aromatic heterocycles. The van der Waals surface area contributed by atoms with Gasteiger partial charge in [0.25, 0.3) is 11.8 Å². The summed E-state index contributed by atoms with van der Waals surface area (Å²) in [4.78, 5) is 21.6. The summed E-state index contributed by atoms with van der Waals surface area (Å²) in [6, 6.07) is 16.7. The summed E-state index contributed by atoms with van der Waals surface area (Å²) in [5.41, 5.74) is 1.61. The van der Waals surface area contributed by atoms with Crippen molar-refractivity contribution in [3.63, 3.8) is 0 Å². The number of morpholine rings is 1. The summed E-state index contributed by atoms with van der Waals surface area (Å²) >= 11 is 4.29. The molecule has 2 amide bonds. The van der Waals surface area contributed by atoms with Crippen molar-refractivity contribution in [2.24, 2.45) is 0 Å². The van der Waals surface area contributed by atoms with Gasteiger partial charge in [0.1, 0.15) is 19.0 Å². The molecule has 1 fully saturated rings. The number of thiol groups is 1. The Kier molecular flexibility index (Phi) is 4.36. The topological polar surface area (TPSA) is 64.6 Å². The predicted molar refractivity (Wildman–Crippen MR) is 87.0 cm³/mol. The Bertz CT molecular complexity index is 717. The van der Waals surface area contributed by atoms with Crippen LogP contribution < -0.4 is 10.1 Å². The van der Waals surface area contributed by atoms with Crippen LogP contribution in [0.3, 0.4) is 0 Å². The molecule has 1 N–H and O–H groups in total. The van der Waals surface area contributed by atoms with Gasteiger partial charge in [-0.15, -0.1) is 12.6 Å². The van der Waals surface area contributed by atoms with E-state index in [4.69, 9.17) is 9.47 Å². The first-order chi connectivity index (χ1) is 11.1. The maximum absolute atomic E-state index is 12.0. The van der Waals surface area contributed by atoms with Gasteiger partial charge >= 0.3 is 0 Å². The molecule has 6 heteroatoms. The summed E-state index contributed by atoms with van der Waals surface area (Å²) in [5, 5.41) is 2.22. The van der Waals surface area contributed by atoms with E-state index in [9.17, 15) is 9.59 Å². The fraction of sp³-hybridized carbons (Fsp3) is 0.176. The molecule has 0 aliphatic carbocycles. The number of imide groups is 1. The Morgan fingerprint density at radius 3 is 2.43 bits per heavy atom. The summed E-state index contributed by atoms with van der Waals surface area (Å²) in [6.45, 7) is 0.249. The summed E-state index contributed by atoms with van der Waals surface area (Å²) in [5.74, 6) is -0.389. The van der Waals surface area contributed by atoms with Crippen LogP contribution in [0.15, 0.2) is 54.6 Å². The minimum Gasteiger partial charge on any atom is -0.489 e. The van der Waals surface area contributed by atoms with Crippen molar-refractivity contribution in [2.75, 3.05) is 6.61 Å². The third-order valence-electron chi connectivity index (χ3n) is 3.47. The average molecular weight is 329 g/mol. The lowest BCUT2D eigenvalue weighted by Gasteiger charge is -2.31. The first kappa shape index (κ1) is 15.6. The van der Waals surface area contributed by atoms with E-state index in [0.717, 1.165) is 5.56 Å². The summed E-state index contributed by atoms with van der Waals surface area (Å²) in [7, 11) is 0. The van der Waals surface area contributed by atoms with Gasteiger partial charge in [-0.25, -0.2) is 0 Å². The van der Waals surface area contributed by atoms with Crippen molar-refractivity contribution >= 4 is 24.4 Å². The van der Waals surface area contributed by atoms with Gasteiger partial charge in [0.2, 0.25) is 4.93 Å². The minimum absolute atomic E-state index is 0.207. The van der Waals surface area contributed by atoms with Gasteiger partial charge in [0.05, 0.1) is 0 Å². The third kappa shape index (κ3) is 3.38. The average Bonchev–Trinajstić information content (AvgIpc) is 2.58. The van der Waals surface area contributed by atoms with E-state index in [1.54, 1.807) is 24.3 Å². The molecule has 23 heavy (non-hydrogen) atoms. The lowest BCUT2D eigenvalue weighted by atomic mass is 10.1. The molecule has 0 bridgehead atoms. The smallest absolute Gasteiger partial charge is 0.274 e. The second-order valence-corrected chi connectivity index (χ2v) is 5.74. The van der Waals surface area contributed by atoms with Crippen LogP contribution in [0.1, 0.15) is 11.1 Å². The zero-order chi connectivity index (χ0) is 16.3. The number of nitrogens with one attached hydrogen (secondary N) is 1. The lowest BCUT2D eigenvalue weighted by Crippen LogP contribution is -2.52. The summed E-state index contributed by atoms with van der Waals surface area (Å²) < 4.78 is 11.0. The van der Waals surface area contributed by atoms with E-state index in [2.05, 4.69) is 17.9 Å². The second-order valence-electron chi connectivity index (χ2n) is 5.11. The SMILES string of the molecule is O=C1COC(S)(c2ccc(OCc3ccccc3)cc2)C(=O)N1. The van der Waals surface area contributed by atoms with Crippen molar-refractivity contribution in [3.05, 3.63) is 65.7 Å². The van der Waals surface area contributed by atoms with Gasteiger partial charge in [0, 0.05) is 5.56 Å². The highest BCUT2D eigenvalue weighted by atomic mass is 32.1. The molecule has 0 spiro atoms. The predicted octanol–water partition coefficient (Wildman–Crippen LogP) is 2.02. The van der Waals surface area contributed by atoms with Gasteiger partial charge in [-0.05, 0) is 17.7 Å². The van der Waals surface area contributed by atoms with Gasteiger partial charge < -0.3 is 9.47 Å². The number of hydrogen-bond donors (Lipinski definition) is 2. The molecule has 0 saturated carbocycles. The fourth-order valence-corrected chi connectivity index (χ4v) is 2.48. The molecule has 1 saturated heterocycles. The van der Waals surface area contributed by atoms with Crippen LogP contribution in [0.5, 0.6) is 5.75 Å². The summed E-state index contributed by atoms with van der Waals surface area (Å²) in [6.07, 6.45) is 0. The van der Waals surface area contributed by atoms with E-state index in [1.165, 1.54) is 0 Å². The number of carbonyl (C=O) groups is 2. The van der Waals surface area contributed by atoms with Gasteiger partial charge in [-0.2, -0.15) is 0 Å². The lowest BCUT2D eigenvalue weighted by molar-refractivity contribution is -0.153. The molecule has 0 radical (unpaired) electrons. The van der Waals surface area contributed by atoms with Crippen LogP contribution in [0.25, 0.3) is 0 Å². The van der Waals surface area contributed by atoms with Crippen LogP contribution in [0.4, 0.5) is 0 Å². The van der Waals surface area contributed by atoms with Crippen molar-refractivity contribution < 1.29 is 19.1 Å². The molecule has 2 aromatic rings. The van der Waals surface area contributed by atoms with Gasteiger partial charge in [-0.1, -0.05) is 42.5 Å². The van der Waals surface area contributed by atoms with Crippen LogP contribution in [0.2, 0.25) is 0 Å². The van der Waals surface area contributed by atoms with Crippen LogP contribution >= 0.6 is 12.6 Å². The van der Waals surface area contributed by atoms with Crippen molar-refractivity contribution in [1.82, 2.24) is 5.32 Å². The number of rotatable bonds is 4. The highest BCUT2D eigenvalue weighted by molar-refractivity contribution is 7.82. The molecule has 118 valence electrons. The maximum Gasteiger partial charge on any atom is 0.274 e. The molecule has 5 nitrogen and oxygen atoms in total. The zero-order valence-electron chi connectivity index (χ0n) is 12.2. The molecular formula is C17H15NO4S. The Morgan fingerprint density at radius 2 is 1.78 bits per heavy atom. The number of benzene rings is 2. The second kappa shape index (κ2) is 6.44. The number of carbonyl (C=O) groups excluding carboxylic acids is 2. The van der Waals surface area contributed by atoms with Crippen LogP contribution in [-0.2, 0) is 25.9 Å². The third-order valence-corrected chi connectivity index (χ3v) is 4.06. The zero-order valence-corrected chi connectivity index (χ0v) is 13.1. The van der Waals surface area contributed by atoms with Crippen LogP contribution in [-0.4, -0.2) is 18.4 Å². The largest absolute Gasteiger partial charge is 0.489 e. The molecule has 1 unspecified atom stereocenters. The standard InChI is InChI=1S/C17H15NO4S/c19-15-11-22-17(23,16(20)18-15)13-6-8-14(9-7-13)21-10-12-4-2-1-3-5-12/h1-9,23H,10-11H2,(H,18,19,20). The molecular weight excluding hydrogens is 314 g/mol. The van der Waals surface area contributed by atoms with Crippen molar-refractivity contribution in [2.45, 2.75) is 11.5 Å². The Balaban J connectivity index is 1.69. The van der Waals surface area contributed by atoms with Gasteiger partial charge in [-0.3, -0.25) is 14.9 Å². The fourth-order valence-electron chi connectivity index (χ4n) is 2.22. The number of amides is 2. The molecule has 1 heterocycles. The van der Waals surface area contributed by atoms with Crippen molar-refractivity contribution in [1.29, 1.82) is 0 Å². The van der Waals surface area contributed by atoms with Crippen LogP contribution in [0, 0.1) is 0 Å². The van der Waals surface area contributed by atoms with Gasteiger partial charge in [0.15, 0.2) is 0 Å². The maximum atomic E-state index is 12.0. The van der Waals surface area contributed by atoms with E-state index in [1.807, 2.05) is 30.3 Å². The van der Waals surface area contributed by atoms with Crippen molar-refractivity contribution in [3.8, 4) is 5.75 Å². The molecule has 1 atom stereocenters. The Labute approximate surface area is 139 Å². The Morgan fingerprint density at radius 1 is 1.09 bits per heavy atom. The molecule has 3 rings (SSSR count). The number of hydrogen-bond acceptors (Lipinski definition) is 5. The monoisotopic (exact) mass is 329 g/mol. The molecule has 1 aliphatic heterocycles.